The van der Waals surface area contributed by atoms with Crippen molar-refractivity contribution in [3.05, 3.63) is 30.3 Å². The van der Waals surface area contributed by atoms with Crippen molar-refractivity contribution in [2.24, 2.45) is 11.8 Å². The van der Waals surface area contributed by atoms with Crippen molar-refractivity contribution in [2.75, 3.05) is 0 Å². The summed E-state index contributed by atoms with van der Waals surface area (Å²) in [5, 5.41) is 0. The second-order valence-electron chi connectivity index (χ2n) is 5.40. The molecule has 1 N–H and O–H groups in total. The second-order valence-corrected chi connectivity index (χ2v) is 7.11. The minimum atomic E-state index is -3.35. The molecule has 2 rings (SSSR count). The van der Waals surface area contributed by atoms with Crippen LogP contribution in [0.25, 0.3) is 0 Å². The van der Waals surface area contributed by atoms with Crippen molar-refractivity contribution in [1.29, 1.82) is 0 Å². The smallest absolute Gasteiger partial charge is 0.208 e. The van der Waals surface area contributed by atoms with Crippen LogP contribution in [0.1, 0.15) is 33.1 Å². The minimum Gasteiger partial charge on any atom is -0.208 e. The lowest BCUT2D eigenvalue weighted by Crippen LogP contribution is -2.39. The fourth-order valence-corrected chi connectivity index (χ4v) is 3.85. The Balaban J connectivity index is 2.06. The molecule has 3 nitrogen and oxygen atoms in total. The molecule has 0 heterocycles. The summed E-state index contributed by atoms with van der Waals surface area (Å²) >= 11 is 0. The van der Waals surface area contributed by atoms with Crippen molar-refractivity contribution >= 4 is 10.0 Å². The summed E-state index contributed by atoms with van der Waals surface area (Å²) in [6.45, 7) is 4.44. The molecule has 3 unspecified atom stereocenters. The number of sulfonamides is 1. The van der Waals surface area contributed by atoms with Gasteiger partial charge >= 0.3 is 0 Å². The largest absolute Gasteiger partial charge is 0.240 e. The lowest BCUT2D eigenvalue weighted by atomic mass is 9.79. The lowest BCUT2D eigenvalue weighted by molar-refractivity contribution is 0.242. The normalized spacial score (nSPS) is 29.1. The van der Waals surface area contributed by atoms with Gasteiger partial charge in [-0.2, -0.15) is 0 Å². The molecule has 0 aromatic heterocycles. The zero-order valence-electron chi connectivity index (χ0n) is 11.0. The summed E-state index contributed by atoms with van der Waals surface area (Å²) in [6, 6.07) is 8.68. The fraction of sp³-hybridized carbons (Fsp3) is 0.571. The molecule has 0 aliphatic heterocycles. The van der Waals surface area contributed by atoms with Gasteiger partial charge in [0.2, 0.25) is 10.0 Å². The highest BCUT2D eigenvalue weighted by molar-refractivity contribution is 7.89. The first-order valence-electron chi connectivity index (χ1n) is 6.56. The molecule has 0 saturated heterocycles. The van der Waals surface area contributed by atoms with Gasteiger partial charge in [-0.25, -0.2) is 13.1 Å². The highest BCUT2D eigenvalue weighted by Crippen LogP contribution is 2.30. The number of hydrogen-bond acceptors (Lipinski definition) is 2. The Kier molecular flexibility index (Phi) is 4.07. The van der Waals surface area contributed by atoms with Gasteiger partial charge in [-0.05, 0) is 43.2 Å². The van der Waals surface area contributed by atoms with Gasteiger partial charge in [0.05, 0.1) is 4.90 Å². The van der Waals surface area contributed by atoms with E-state index < -0.39 is 10.0 Å². The maximum absolute atomic E-state index is 12.2. The highest BCUT2D eigenvalue weighted by atomic mass is 32.2. The van der Waals surface area contributed by atoms with Gasteiger partial charge < -0.3 is 0 Å². The van der Waals surface area contributed by atoms with Crippen LogP contribution < -0.4 is 4.72 Å². The summed E-state index contributed by atoms with van der Waals surface area (Å²) in [7, 11) is -3.35. The zero-order valence-corrected chi connectivity index (χ0v) is 11.8. The first-order valence-corrected chi connectivity index (χ1v) is 8.05. The van der Waals surface area contributed by atoms with E-state index in [1.54, 1.807) is 24.3 Å². The molecule has 18 heavy (non-hydrogen) atoms. The minimum absolute atomic E-state index is 0.0846. The molecule has 1 aromatic rings. The van der Waals surface area contributed by atoms with E-state index in [9.17, 15) is 8.42 Å². The van der Waals surface area contributed by atoms with E-state index >= 15 is 0 Å². The van der Waals surface area contributed by atoms with E-state index in [-0.39, 0.29) is 6.04 Å². The first kappa shape index (κ1) is 13.6. The zero-order chi connectivity index (χ0) is 13.2. The Bertz CT molecular complexity index is 484. The van der Waals surface area contributed by atoms with Crippen LogP contribution >= 0.6 is 0 Å². The Labute approximate surface area is 110 Å². The van der Waals surface area contributed by atoms with E-state index in [2.05, 4.69) is 18.6 Å². The standard InChI is InChI=1S/C14H21NO2S/c1-11-8-9-13(10-12(11)2)15-18(16,17)14-6-4-3-5-7-14/h3-7,11-13,15H,8-10H2,1-2H3. The number of benzene rings is 1. The molecule has 1 aromatic carbocycles. The van der Waals surface area contributed by atoms with Crippen LogP contribution in [0.2, 0.25) is 0 Å². The monoisotopic (exact) mass is 267 g/mol. The van der Waals surface area contributed by atoms with Gasteiger partial charge in [-0.1, -0.05) is 32.0 Å². The van der Waals surface area contributed by atoms with Crippen LogP contribution in [-0.2, 0) is 10.0 Å². The summed E-state index contributed by atoms with van der Waals surface area (Å²) in [4.78, 5) is 0.358. The van der Waals surface area contributed by atoms with Crippen molar-refractivity contribution in [3.63, 3.8) is 0 Å². The van der Waals surface area contributed by atoms with Crippen LogP contribution in [0, 0.1) is 11.8 Å². The lowest BCUT2D eigenvalue weighted by Gasteiger charge is -2.32. The van der Waals surface area contributed by atoms with Gasteiger partial charge in [0.25, 0.3) is 0 Å². The summed E-state index contributed by atoms with van der Waals surface area (Å²) in [5.74, 6) is 1.28. The van der Waals surface area contributed by atoms with Gasteiger partial charge in [0.1, 0.15) is 0 Å². The third-order valence-corrected chi connectivity index (χ3v) is 5.51. The van der Waals surface area contributed by atoms with E-state index in [0.29, 0.717) is 16.7 Å². The maximum atomic E-state index is 12.2. The van der Waals surface area contributed by atoms with Crippen molar-refractivity contribution in [1.82, 2.24) is 4.72 Å². The maximum Gasteiger partial charge on any atom is 0.240 e. The predicted octanol–water partition coefficient (Wildman–Crippen LogP) is 2.79. The Hall–Kier alpha value is -0.870. The van der Waals surface area contributed by atoms with Gasteiger partial charge in [0.15, 0.2) is 0 Å². The van der Waals surface area contributed by atoms with E-state index in [0.717, 1.165) is 19.3 Å². The molecule has 1 fully saturated rings. The summed E-state index contributed by atoms with van der Waals surface area (Å²) in [6.07, 6.45) is 2.98. The van der Waals surface area contributed by atoms with Crippen molar-refractivity contribution < 1.29 is 8.42 Å². The quantitative estimate of drug-likeness (QED) is 0.915. The predicted molar refractivity (Wildman–Crippen MR) is 72.7 cm³/mol. The number of rotatable bonds is 3. The average Bonchev–Trinajstić information content (AvgIpc) is 2.35. The Morgan fingerprint density at radius 3 is 2.33 bits per heavy atom. The molecule has 1 saturated carbocycles. The third-order valence-electron chi connectivity index (χ3n) is 3.97. The van der Waals surface area contributed by atoms with Crippen LogP contribution in [0.5, 0.6) is 0 Å². The molecule has 4 heteroatoms. The van der Waals surface area contributed by atoms with Crippen LogP contribution in [0.15, 0.2) is 35.2 Å². The molecule has 0 bridgehead atoms. The second kappa shape index (κ2) is 5.41. The molecule has 1 aliphatic rings. The van der Waals surface area contributed by atoms with Crippen LogP contribution in [0.3, 0.4) is 0 Å². The van der Waals surface area contributed by atoms with Gasteiger partial charge in [-0.3, -0.25) is 0 Å². The average molecular weight is 267 g/mol. The van der Waals surface area contributed by atoms with E-state index in [4.69, 9.17) is 0 Å². The Morgan fingerprint density at radius 2 is 1.72 bits per heavy atom. The molecule has 100 valence electrons. The molecule has 0 spiro atoms. The van der Waals surface area contributed by atoms with Crippen LogP contribution in [-0.4, -0.2) is 14.5 Å². The molecule has 0 radical (unpaired) electrons. The van der Waals surface area contributed by atoms with E-state index in [1.165, 1.54) is 0 Å². The summed E-state index contributed by atoms with van der Waals surface area (Å²) < 4.78 is 27.2. The molecule has 0 amide bonds. The number of hydrogen-bond donors (Lipinski definition) is 1. The van der Waals surface area contributed by atoms with E-state index in [1.807, 2.05) is 6.07 Å². The van der Waals surface area contributed by atoms with Gasteiger partial charge in [0, 0.05) is 6.04 Å². The third kappa shape index (κ3) is 3.12. The summed E-state index contributed by atoms with van der Waals surface area (Å²) in [5.41, 5.74) is 0. The molecule has 3 atom stereocenters. The van der Waals surface area contributed by atoms with Crippen LogP contribution in [0.4, 0.5) is 0 Å². The van der Waals surface area contributed by atoms with Crippen molar-refractivity contribution in [2.45, 2.75) is 44.0 Å². The Morgan fingerprint density at radius 1 is 1.06 bits per heavy atom. The van der Waals surface area contributed by atoms with Gasteiger partial charge in [-0.15, -0.1) is 0 Å². The number of nitrogens with one attached hydrogen (secondary N) is 1. The highest BCUT2D eigenvalue weighted by Gasteiger charge is 2.27. The van der Waals surface area contributed by atoms with Crippen molar-refractivity contribution in [3.8, 4) is 0 Å². The molecular weight excluding hydrogens is 246 g/mol. The first-order chi connectivity index (χ1) is 8.49. The SMILES string of the molecule is CC1CCC(NS(=O)(=O)c2ccccc2)CC1C. The fourth-order valence-electron chi connectivity index (χ4n) is 2.54. The topological polar surface area (TPSA) is 46.2 Å². The molecular formula is C14H21NO2S. The molecule has 1 aliphatic carbocycles.